The van der Waals surface area contributed by atoms with E-state index in [9.17, 15) is 4.79 Å². The number of piperidine rings is 1. The Bertz CT molecular complexity index is 483. The number of ether oxygens (including phenoxy) is 1. The summed E-state index contributed by atoms with van der Waals surface area (Å²) in [5.41, 5.74) is 2.43. The second-order valence-electron chi connectivity index (χ2n) is 5.84. The average Bonchev–Trinajstić information content (AvgIpc) is 2.84. The normalized spacial score (nSPS) is 26.6. The topological polar surface area (TPSA) is 41.6 Å². The summed E-state index contributed by atoms with van der Waals surface area (Å²) in [7, 11) is 0. The fourth-order valence-corrected chi connectivity index (χ4v) is 3.10. The van der Waals surface area contributed by atoms with Crippen LogP contribution in [0.1, 0.15) is 24.0 Å². The van der Waals surface area contributed by atoms with Gasteiger partial charge in [-0.25, -0.2) is 4.79 Å². The molecular weight excluding hydrogens is 252 g/mol. The van der Waals surface area contributed by atoms with Gasteiger partial charge in [-0.3, -0.25) is 0 Å². The van der Waals surface area contributed by atoms with Gasteiger partial charge in [0.2, 0.25) is 0 Å². The fraction of sp³-hybridized carbons (Fsp3) is 0.562. The molecule has 4 heteroatoms. The minimum atomic E-state index is -0.163. The van der Waals surface area contributed by atoms with Crippen LogP contribution in [-0.4, -0.2) is 36.7 Å². The highest BCUT2D eigenvalue weighted by atomic mass is 16.6. The molecule has 108 valence electrons. The average molecular weight is 274 g/mol. The first-order chi connectivity index (χ1) is 9.74. The molecule has 4 nitrogen and oxygen atoms in total. The molecular formula is C16H22N2O2. The molecule has 2 heterocycles. The van der Waals surface area contributed by atoms with Crippen molar-refractivity contribution in [3.05, 3.63) is 35.4 Å². The number of rotatable bonds is 3. The van der Waals surface area contributed by atoms with Gasteiger partial charge in [0.05, 0.1) is 6.54 Å². The molecule has 2 aliphatic rings. The summed E-state index contributed by atoms with van der Waals surface area (Å²) in [5.74, 6) is 0.467. The smallest absolute Gasteiger partial charge is 0.410 e. The Morgan fingerprint density at radius 1 is 1.40 bits per heavy atom. The molecule has 2 aliphatic heterocycles. The molecule has 1 amide bonds. The van der Waals surface area contributed by atoms with E-state index in [4.69, 9.17) is 4.74 Å². The van der Waals surface area contributed by atoms with Crippen LogP contribution < -0.4 is 5.32 Å². The molecule has 1 N–H and O–H groups in total. The molecule has 0 aromatic heterocycles. The van der Waals surface area contributed by atoms with Gasteiger partial charge in [-0.05, 0) is 37.4 Å². The zero-order chi connectivity index (χ0) is 13.9. The van der Waals surface area contributed by atoms with E-state index in [-0.39, 0.29) is 12.2 Å². The molecule has 1 aromatic rings. The summed E-state index contributed by atoms with van der Waals surface area (Å²) in [6.07, 6.45) is 2.22. The molecule has 0 bridgehead atoms. The zero-order valence-corrected chi connectivity index (χ0v) is 12.0. The number of nitrogens with zero attached hydrogens (tertiary/aromatic N) is 1. The monoisotopic (exact) mass is 274 g/mol. The van der Waals surface area contributed by atoms with Crippen molar-refractivity contribution in [3.63, 3.8) is 0 Å². The molecule has 3 rings (SSSR count). The van der Waals surface area contributed by atoms with Crippen LogP contribution in [0.3, 0.4) is 0 Å². The van der Waals surface area contributed by atoms with Gasteiger partial charge in [-0.2, -0.15) is 0 Å². The van der Waals surface area contributed by atoms with Gasteiger partial charge >= 0.3 is 6.09 Å². The van der Waals surface area contributed by atoms with E-state index in [1.165, 1.54) is 17.5 Å². The van der Waals surface area contributed by atoms with Crippen LogP contribution in [0.4, 0.5) is 4.79 Å². The SMILES string of the molecule is Cc1ccccc1CN1CC(C2CCCNC2)OC1=O. The highest BCUT2D eigenvalue weighted by molar-refractivity contribution is 5.70. The van der Waals surface area contributed by atoms with Crippen molar-refractivity contribution in [2.24, 2.45) is 5.92 Å². The van der Waals surface area contributed by atoms with E-state index in [1.54, 1.807) is 0 Å². The summed E-state index contributed by atoms with van der Waals surface area (Å²) in [4.78, 5) is 13.9. The van der Waals surface area contributed by atoms with E-state index < -0.39 is 0 Å². The van der Waals surface area contributed by atoms with Crippen LogP contribution in [0.5, 0.6) is 0 Å². The Morgan fingerprint density at radius 2 is 2.25 bits per heavy atom. The molecule has 0 saturated carbocycles. The highest BCUT2D eigenvalue weighted by Gasteiger charge is 2.36. The highest BCUT2D eigenvalue weighted by Crippen LogP contribution is 2.25. The molecule has 0 radical (unpaired) electrons. The van der Waals surface area contributed by atoms with E-state index in [2.05, 4.69) is 24.4 Å². The van der Waals surface area contributed by atoms with Crippen molar-refractivity contribution >= 4 is 6.09 Å². The predicted octanol–water partition coefficient (Wildman–Crippen LogP) is 2.32. The van der Waals surface area contributed by atoms with E-state index in [0.717, 1.165) is 26.1 Å². The summed E-state index contributed by atoms with van der Waals surface area (Å²) in [6, 6.07) is 8.21. The number of hydrogen-bond acceptors (Lipinski definition) is 3. The number of cyclic esters (lactones) is 1. The van der Waals surface area contributed by atoms with E-state index in [1.807, 2.05) is 17.0 Å². The van der Waals surface area contributed by atoms with Gasteiger partial charge < -0.3 is 15.0 Å². The maximum atomic E-state index is 12.0. The first-order valence-electron chi connectivity index (χ1n) is 7.45. The minimum absolute atomic E-state index is 0.0549. The lowest BCUT2D eigenvalue weighted by Gasteiger charge is -2.26. The van der Waals surface area contributed by atoms with Crippen molar-refractivity contribution in [1.29, 1.82) is 0 Å². The summed E-state index contributed by atoms with van der Waals surface area (Å²) >= 11 is 0. The van der Waals surface area contributed by atoms with Crippen LogP contribution in [0.15, 0.2) is 24.3 Å². The third-order valence-corrected chi connectivity index (χ3v) is 4.39. The van der Waals surface area contributed by atoms with Gasteiger partial charge in [-0.1, -0.05) is 24.3 Å². The number of aryl methyl sites for hydroxylation is 1. The minimum Gasteiger partial charge on any atom is -0.444 e. The second kappa shape index (κ2) is 5.83. The van der Waals surface area contributed by atoms with Crippen LogP contribution in [0.2, 0.25) is 0 Å². The molecule has 0 spiro atoms. The first kappa shape index (κ1) is 13.4. The predicted molar refractivity (Wildman–Crippen MR) is 77.5 cm³/mol. The lowest BCUT2D eigenvalue weighted by molar-refractivity contribution is 0.0926. The molecule has 20 heavy (non-hydrogen) atoms. The van der Waals surface area contributed by atoms with Crippen molar-refractivity contribution < 1.29 is 9.53 Å². The Balaban J connectivity index is 1.63. The van der Waals surface area contributed by atoms with Crippen LogP contribution in [0.25, 0.3) is 0 Å². The Kier molecular flexibility index (Phi) is 3.92. The largest absolute Gasteiger partial charge is 0.444 e. The molecule has 0 aliphatic carbocycles. The van der Waals surface area contributed by atoms with Crippen LogP contribution in [0, 0.1) is 12.8 Å². The molecule has 2 atom stereocenters. The van der Waals surface area contributed by atoms with Crippen molar-refractivity contribution in [1.82, 2.24) is 10.2 Å². The number of carbonyl (C=O) groups is 1. The maximum Gasteiger partial charge on any atom is 0.410 e. The Labute approximate surface area is 120 Å². The summed E-state index contributed by atoms with van der Waals surface area (Å²) < 4.78 is 5.57. The van der Waals surface area contributed by atoms with Gasteiger partial charge in [0.15, 0.2) is 0 Å². The third kappa shape index (κ3) is 2.80. The number of hydrogen-bond donors (Lipinski definition) is 1. The lowest BCUT2D eigenvalue weighted by Crippen LogP contribution is -2.38. The lowest BCUT2D eigenvalue weighted by atomic mass is 9.93. The van der Waals surface area contributed by atoms with Crippen molar-refractivity contribution in [2.45, 2.75) is 32.4 Å². The second-order valence-corrected chi connectivity index (χ2v) is 5.84. The Hall–Kier alpha value is -1.55. The fourth-order valence-electron chi connectivity index (χ4n) is 3.10. The number of benzene rings is 1. The van der Waals surface area contributed by atoms with Crippen LogP contribution >= 0.6 is 0 Å². The number of carbonyl (C=O) groups excluding carboxylic acids is 1. The van der Waals surface area contributed by atoms with Gasteiger partial charge in [0, 0.05) is 19.0 Å². The van der Waals surface area contributed by atoms with Crippen molar-refractivity contribution in [2.75, 3.05) is 19.6 Å². The molecule has 2 fully saturated rings. The molecule has 2 unspecified atom stereocenters. The summed E-state index contributed by atoms with van der Waals surface area (Å²) in [5, 5.41) is 3.39. The molecule has 1 aromatic carbocycles. The van der Waals surface area contributed by atoms with Crippen LogP contribution in [-0.2, 0) is 11.3 Å². The maximum absolute atomic E-state index is 12.0. The summed E-state index contributed by atoms with van der Waals surface area (Å²) in [6.45, 7) is 5.52. The van der Waals surface area contributed by atoms with E-state index in [0.29, 0.717) is 12.5 Å². The Morgan fingerprint density at radius 3 is 3.00 bits per heavy atom. The molecule has 2 saturated heterocycles. The third-order valence-electron chi connectivity index (χ3n) is 4.39. The van der Waals surface area contributed by atoms with Gasteiger partial charge in [0.1, 0.15) is 6.10 Å². The quantitative estimate of drug-likeness (QED) is 0.919. The zero-order valence-electron chi connectivity index (χ0n) is 12.0. The number of nitrogens with one attached hydrogen (secondary N) is 1. The number of amides is 1. The first-order valence-corrected chi connectivity index (χ1v) is 7.45. The van der Waals surface area contributed by atoms with Crippen molar-refractivity contribution in [3.8, 4) is 0 Å². The standard InChI is InChI=1S/C16H22N2O2/c1-12-5-2-3-6-14(12)10-18-11-15(20-16(18)19)13-7-4-8-17-9-13/h2-3,5-6,13,15,17H,4,7-11H2,1H3. The van der Waals surface area contributed by atoms with Gasteiger partial charge in [0.25, 0.3) is 0 Å². The van der Waals surface area contributed by atoms with Gasteiger partial charge in [-0.15, -0.1) is 0 Å². The van der Waals surface area contributed by atoms with E-state index >= 15 is 0 Å².